The fourth-order valence-corrected chi connectivity index (χ4v) is 8.18. The molecule has 0 bridgehead atoms. The Balaban J connectivity index is 1.62. The van der Waals surface area contributed by atoms with Gasteiger partial charge in [0.05, 0.1) is 15.4 Å². The number of aromatic carboxylic acids is 1. The second kappa shape index (κ2) is 11.3. The van der Waals surface area contributed by atoms with Crippen LogP contribution in [0.15, 0.2) is 46.2 Å². The van der Waals surface area contributed by atoms with E-state index in [1.807, 2.05) is 13.8 Å². The van der Waals surface area contributed by atoms with Crippen molar-refractivity contribution in [1.82, 2.24) is 8.61 Å². The van der Waals surface area contributed by atoms with Gasteiger partial charge in [0, 0.05) is 26.2 Å². The first-order valence-corrected chi connectivity index (χ1v) is 15.6. The Hall–Kier alpha value is -2.87. The lowest BCUT2D eigenvalue weighted by atomic mass is 10.0. The normalized spacial score (nSPS) is 21.4. The van der Waals surface area contributed by atoms with Crippen molar-refractivity contribution in [3.05, 3.63) is 53.3 Å². The number of carbonyl (C=O) groups excluding carboxylic acids is 1. The van der Waals surface area contributed by atoms with Crippen LogP contribution in [0.1, 0.15) is 60.2 Å². The van der Waals surface area contributed by atoms with Gasteiger partial charge in [0.1, 0.15) is 17.1 Å². The molecule has 0 radical (unpaired) electrons. The Morgan fingerprint density at radius 1 is 0.846 bits per heavy atom. The lowest BCUT2D eigenvalue weighted by Crippen LogP contribution is -2.39. The van der Waals surface area contributed by atoms with Crippen molar-refractivity contribution >= 4 is 32.0 Å². The molecule has 2 atom stereocenters. The van der Waals surface area contributed by atoms with Crippen LogP contribution in [-0.2, 0) is 20.0 Å². The summed E-state index contributed by atoms with van der Waals surface area (Å²) in [7, 11) is -8.00. The maximum Gasteiger partial charge on any atom is 0.346 e. The highest BCUT2D eigenvalue weighted by Gasteiger charge is 2.32. The van der Waals surface area contributed by atoms with Crippen LogP contribution >= 0.6 is 0 Å². The molecule has 2 aromatic rings. The zero-order valence-corrected chi connectivity index (χ0v) is 23.3. The molecular formula is C26H31FN2O8S2. The third kappa shape index (κ3) is 6.16. The van der Waals surface area contributed by atoms with Crippen LogP contribution in [0, 0.1) is 17.7 Å². The number of ether oxygens (including phenoxy) is 1. The molecule has 2 unspecified atom stereocenters. The summed E-state index contributed by atoms with van der Waals surface area (Å²) in [5.74, 6) is -4.13. The fraction of sp³-hybridized carbons (Fsp3) is 0.462. The largest absolute Gasteiger partial charge is 0.478 e. The number of halogens is 1. The van der Waals surface area contributed by atoms with Gasteiger partial charge < -0.3 is 9.84 Å². The number of hydrogen-bond acceptors (Lipinski definition) is 7. The summed E-state index contributed by atoms with van der Waals surface area (Å²) in [6, 6.07) is 5.81. The lowest BCUT2D eigenvalue weighted by molar-refractivity contribution is 0.0680. The number of nitrogens with zero attached hydrogens (tertiary/aromatic N) is 2. The van der Waals surface area contributed by atoms with E-state index in [1.165, 1.54) is 8.61 Å². The number of carboxylic acids is 1. The molecule has 2 aromatic carbocycles. The van der Waals surface area contributed by atoms with Gasteiger partial charge in [0.2, 0.25) is 20.0 Å². The van der Waals surface area contributed by atoms with Gasteiger partial charge in [-0.1, -0.05) is 13.8 Å². The molecule has 0 saturated carbocycles. The number of piperidine rings is 2. The van der Waals surface area contributed by atoms with Crippen LogP contribution < -0.4 is 4.74 Å². The van der Waals surface area contributed by atoms with Gasteiger partial charge >= 0.3 is 11.9 Å². The van der Waals surface area contributed by atoms with E-state index in [9.17, 15) is 35.9 Å². The van der Waals surface area contributed by atoms with Gasteiger partial charge in [-0.15, -0.1) is 0 Å². The highest BCUT2D eigenvalue weighted by molar-refractivity contribution is 7.89. The Labute approximate surface area is 227 Å². The fourth-order valence-electron chi connectivity index (χ4n) is 4.93. The van der Waals surface area contributed by atoms with E-state index in [0.717, 1.165) is 49.2 Å². The number of sulfonamides is 2. The molecule has 212 valence electrons. The summed E-state index contributed by atoms with van der Waals surface area (Å²) in [6.45, 7) is 5.07. The average molecular weight is 583 g/mol. The highest BCUT2D eigenvalue weighted by atomic mass is 32.2. The first-order valence-electron chi connectivity index (χ1n) is 12.7. The SMILES string of the molecule is CC1CCCN(S(=O)(=O)c2ccc(F)c(C(=O)Oc3ccc(S(=O)(=O)N4CCCC(C)C4)cc3C(=O)O)c2)C1. The molecular weight excluding hydrogens is 551 g/mol. The third-order valence-electron chi connectivity index (χ3n) is 7.06. The Morgan fingerprint density at radius 2 is 1.33 bits per heavy atom. The smallest absolute Gasteiger partial charge is 0.346 e. The van der Waals surface area contributed by atoms with Gasteiger partial charge in [0.15, 0.2) is 0 Å². The van der Waals surface area contributed by atoms with Crippen LogP contribution in [0.4, 0.5) is 4.39 Å². The van der Waals surface area contributed by atoms with Gasteiger partial charge in [0.25, 0.3) is 0 Å². The van der Waals surface area contributed by atoms with E-state index in [1.54, 1.807) is 0 Å². The minimum atomic E-state index is -4.01. The molecule has 0 aliphatic carbocycles. The number of benzene rings is 2. The maximum atomic E-state index is 14.6. The lowest BCUT2D eigenvalue weighted by Gasteiger charge is -2.30. The van der Waals surface area contributed by atoms with Gasteiger partial charge in [-0.25, -0.2) is 30.8 Å². The monoisotopic (exact) mass is 582 g/mol. The molecule has 0 spiro atoms. The van der Waals surface area contributed by atoms with Crippen LogP contribution in [0.2, 0.25) is 0 Å². The minimum absolute atomic E-state index is 0.151. The number of hydrogen-bond donors (Lipinski definition) is 1. The number of carboxylic acid groups (broad SMARTS) is 1. The molecule has 10 nitrogen and oxygen atoms in total. The average Bonchev–Trinajstić information content (AvgIpc) is 2.88. The number of rotatable bonds is 7. The minimum Gasteiger partial charge on any atom is -0.478 e. The van der Waals surface area contributed by atoms with Crippen molar-refractivity contribution < 1.29 is 40.7 Å². The molecule has 0 aromatic heterocycles. The molecule has 13 heteroatoms. The third-order valence-corrected chi connectivity index (χ3v) is 10.8. The predicted octanol–water partition coefficient (Wildman–Crippen LogP) is 3.58. The first kappa shape index (κ1) is 29.1. The standard InChI is InChI=1S/C26H31FN2O8S2/c1-17-5-3-11-28(15-17)38(33,34)19-7-9-23(27)21(13-19)26(32)37-24-10-8-20(14-22(24)25(30)31)39(35,36)29-12-4-6-18(2)16-29/h7-10,13-14,17-18H,3-6,11-12,15-16H2,1-2H3,(H,30,31). The topological polar surface area (TPSA) is 138 Å². The zero-order valence-electron chi connectivity index (χ0n) is 21.7. The van der Waals surface area contributed by atoms with E-state index < -0.39 is 54.7 Å². The number of carbonyl (C=O) groups is 2. The van der Waals surface area contributed by atoms with Crippen LogP contribution in [0.3, 0.4) is 0 Å². The van der Waals surface area contributed by atoms with Crippen LogP contribution in [0.5, 0.6) is 5.75 Å². The van der Waals surface area contributed by atoms with E-state index in [2.05, 4.69) is 0 Å². The molecule has 2 fully saturated rings. The second-order valence-electron chi connectivity index (χ2n) is 10.2. The van der Waals surface area contributed by atoms with Gasteiger partial charge in [-0.3, -0.25) is 0 Å². The van der Waals surface area contributed by atoms with E-state index in [0.29, 0.717) is 39.0 Å². The summed E-state index contributed by atoms with van der Waals surface area (Å²) in [5.41, 5.74) is -1.31. The first-order chi connectivity index (χ1) is 18.3. The summed E-state index contributed by atoms with van der Waals surface area (Å²) in [4.78, 5) is 24.3. The van der Waals surface area contributed by atoms with Crippen molar-refractivity contribution in [2.24, 2.45) is 11.8 Å². The quantitative estimate of drug-likeness (QED) is 0.386. The molecule has 39 heavy (non-hydrogen) atoms. The summed E-state index contributed by atoms with van der Waals surface area (Å²) >= 11 is 0. The zero-order chi connectivity index (χ0) is 28.5. The molecule has 4 rings (SSSR count). The Kier molecular flexibility index (Phi) is 8.45. The highest BCUT2D eigenvalue weighted by Crippen LogP contribution is 2.29. The van der Waals surface area contributed by atoms with Crippen LogP contribution in [-0.4, -0.2) is 68.7 Å². The summed E-state index contributed by atoms with van der Waals surface area (Å²) < 4.78 is 74.8. The van der Waals surface area contributed by atoms with Crippen LogP contribution in [0.25, 0.3) is 0 Å². The van der Waals surface area contributed by atoms with Crippen molar-refractivity contribution in [2.45, 2.75) is 49.3 Å². The molecule has 0 amide bonds. The van der Waals surface area contributed by atoms with Crippen molar-refractivity contribution in [1.29, 1.82) is 0 Å². The molecule has 1 N–H and O–H groups in total. The summed E-state index contributed by atoms with van der Waals surface area (Å²) in [5, 5.41) is 9.70. The molecule has 2 heterocycles. The van der Waals surface area contributed by atoms with E-state index in [-0.39, 0.29) is 21.6 Å². The molecule has 2 saturated heterocycles. The predicted molar refractivity (Wildman–Crippen MR) is 139 cm³/mol. The Bertz CT molecular complexity index is 1490. The van der Waals surface area contributed by atoms with Crippen molar-refractivity contribution in [2.75, 3.05) is 26.2 Å². The number of esters is 1. The maximum absolute atomic E-state index is 14.6. The van der Waals surface area contributed by atoms with E-state index in [4.69, 9.17) is 4.74 Å². The second-order valence-corrected chi connectivity index (χ2v) is 14.1. The molecule has 2 aliphatic rings. The van der Waals surface area contributed by atoms with E-state index >= 15 is 0 Å². The molecule has 2 aliphatic heterocycles. The van der Waals surface area contributed by atoms with Crippen molar-refractivity contribution in [3.8, 4) is 5.75 Å². The van der Waals surface area contributed by atoms with Crippen molar-refractivity contribution in [3.63, 3.8) is 0 Å². The Morgan fingerprint density at radius 3 is 1.82 bits per heavy atom. The van der Waals surface area contributed by atoms with Gasteiger partial charge in [-0.2, -0.15) is 8.61 Å². The summed E-state index contributed by atoms with van der Waals surface area (Å²) in [6.07, 6.45) is 3.13. The van der Waals surface area contributed by atoms with Gasteiger partial charge in [-0.05, 0) is 73.9 Å².